The van der Waals surface area contributed by atoms with Gasteiger partial charge in [-0.2, -0.15) is 0 Å². The lowest BCUT2D eigenvalue weighted by atomic mass is 10.1. The van der Waals surface area contributed by atoms with Gasteiger partial charge in [0.1, 0.15) is 0 Å². The third-order valence-corrected chi connectivity index (χ3v) is 2.36. The molecule has 1 amide bonds. The van der Waals surface area contributed by atoms with Gasteiger partial charge in [-0.15, -0.1) is 0 Å². The summed E-state index contributed by atoms with van der Waals surface area (Å²) in [5, 5.41) is 2.86. The third-order valence-electron chi connectivity index (χ3n) is 2.36. The van der Waals surface area contributed by atoms with Gasteiger partial charge in [0.05, 0.1) is 0 Å². The Kier molecular flexibility index (Phi) is 3.72. The van der Waals surface area contributed by atoms with Crippen molar-refractivity contribution in [3.63, 3.8) is 0 Å². The Balaban J connectivity index is 2.86. The summed E-state index contributed by atoms with van der Waals surface area (Å²) in [6.45, 7) is 5.91. The van der Waals surface area contributed by atoms with Crippen LogP contribution in [0, 0.1) is 13.8 Å². The maximum absolute atomic E-state index is 11.4. The van der Waals surface area contributed by atoms with Crippen LogP contribution >= 0.6 is 0 Å². The molecule has 3 N–H and O–H groups in total. The summed E-state index contributed by atoms with van der Waals surface area (Å²) in [5.41, 5.74) is 9.41. The Hall–Kier alpha value is -1.51. The topological polar surface area (TPSA) is 55.1 Å². The number of hydrogen-bond acceptors (Lipinski definition) is 2. The molecule has 0 radical (unpaired) electrons. The smallest absolute Gasteiger partial charge is 0.224 e. The van der Waals surface area contributed by atoms with Crippen molar-refractivity contribution in [2.75, 3.05) is 11.1 Å². The second-order valence-electron chi connectivity index (χ2n) is 3.82. The highest BCUT2D eigenvalue weighted by Crippen LogP contribution is 2.22. The van der Waals surface area contributed by atoms with Gasteiger partial charge in [0, 0.05) is 17.8 Å². The Morgan fingerprint density at radius 2 is 2.00 bits per heavy atom. The molecular formula is C12H18N2O. The number of nitrogens with one attached hydrogen (secondary N) is 1. The normalized spacial score (nSPS) is 10.1. The highest BCUT2D eigenvalue weighted by atomic mass is 16.1. The molecule has 1 aromatic carbocycles. The molecule has 0 fully saturated rings. The van der Waals surface area contributed by atoms with Gasteiger partial charge in [0.25, 0.3) is 0 Å². The maximum atomic E-state index is 11.4. The molecule has 15 heavy (non-hydrogen) atoms. The van der Waals surface area contributed by atoms with E-state index in [1.807, 2.05) is 32.9 Å². The monoisotopic (exact) mass is 206 g/mol. The van der Waals surface area contributed by atoms with Crippen molar-refractivity contribution in [2.45, 2.75) is 33.6 Å². The van der Waals surface area contributed by atoms with Gasteiger partial charge >= 0.3 is 0 Å². The van der Waals surface area contributed by atoms with Gasteiger partial charge in [0.15, 0.2) is 0 Å². The van der Waals surface area contributed by atoms with Crippen LogP contribution in [0.15, 0.2) is 12.1 Å². The fourth-order valence-corrected chi connectivity index (χ4v) is 1.44. The van der Waals surface area contributed by atoms with Crippen molar-refractivity contribution in [1.29, 1.82) is 0 Å². The molecule has 0 bridgehead atoms. The minimum Gasteiger partial charge on any atom is -0.398 e. The fourth-order valence-electron chi connectivity index (χ4n) is 1.44. The third kappa shape index (κ3) is 2.98. The van der Waals surface area contributed by atoms with Gasteiger partial charge in [-0.05, 0) is 37.5 Å². The number of carbonyl (C=O) groups is 1. The molecule has 0 spiro atoms. The standard InChI is InChI=1S/C12H18N2O/c1-4-5-12(15)14-11-7-10(13)8(2)6-9(11)3/h6-7H,4-5,13H2,1-3H3,(H,14,15). The van der Waals surface area contributed by atoms with Crippen molar-refractivity contribution in [3.05, 3.63) is 23.3 Å². The second-order valence-corrected chi connectivity index (χ2v) is 3.82. The summed E-state index contributed by atoms with van der Waals surface area (Å²) in [7, 11) is 0. The van der Waals surface area contributed by atoms with E-state index in [1.165, 1.54) is 0 Å². The van der Waals surface area contributed by atoms with Crippen LogP contribution in [0.1, 0.15) is 30.9 Å². The lowest BCUT2D eigenvalue weighted by Crippen LogP contribution is -2.12. The Morgan fingerprint density at radius 1 is 1.33 bits per heavy atom. The zero-order valence-electron chi connectivity index (χ0n) is 9.55. The van der Waals surface area contributed by atoms with Crippen molar-refractivity contribution < 1.29 is 4.79 Å². The van der Waals surface area contributed by atoms with E-state index < -0.39 is 0 Å². The van der Waals surface area contributed by atoms with E-state index in [1.54, 1.807) is 0 Å². The van der Waals surface area contributed by atoms with Crippen LogP contribution in [0.3, 0.4) is 0 Å². The number of amides is 1. The van der Waals surface area contributed by atoms with E-state index in [0.29, 0.717) is 12.1 Å². The first kappa shape index (κ1) is 11.6. The first-order valence-electron chi connectivity index (χ1n) is 5.21. The van der Waals surface area contributed by atoms with Gasteiger partial charge in [-0.3, -0.25) is 4.79 Å². The molecule has 3 heteroatoms. The molecule has 1 aromatic rings. The number of benzene rings is 1. The number of nitrogens with two attached hydrogens (primary N) is 1. The molecule has 0 saturated carbocycles. The van der Waals surface area contributed by atoms with Crippen molar-refractivity contribution in [1.82, 2.24) is 0 Å². The average molecular weight is 206 g/mol. The molecule has 0 aliphatic carbocycles. The van der Waals surface area contributed by atoms with Crippen LogP contribution in [0.5, 0.6) is 0 Å². The van der Waals surface area contributed by atoms with Gasteiger partial charge in [-0.1, -0.05) is 13.0 Å². The maximum Gasteiger partial charge on any atom is 0.224 e. The Bertz CT molecular complexity index is 372. The van der Waals surface area contributed by atoms with E-state index in [4.69, 9.17) is 5.73 Å². The molecule has 0 aliphatic rings. The fraction of sp³-hybridized carbons (Fsp3) is 0.417. The summed E-state index contributed by atoms with van der Waals surface area (Å²) < 4.78 is 0. The first-order valence-corrected chi connectivity index (χ1v) is 5.21. The SMILES string of the molecule is CCCC(=O)Nc1cc(N)c(C)cc1C. The zero-order chi connectivity index (χ0) is 11.4. The first-order chi connectivity index (χ1) is 7.04. The molecule has 0 unspecified atom stereocenters. The van der Waals surface area contributed by atoms with Gasteiger partial charge in [0.2, 0.25) is 5.91 Å². The quantitative estimate of drug-likeness (QED) is 0.747. The Morgan fingerprint density at radius 3 is 2.60 bits per heavy atom. The molecule has 0 saturated heterocycles. The van der Waals surface area contributed by atoms with Crippen molar-refractivity contribution >= 4 is 17.3 Å². The number of carbonyl (C=O) groups excluding carboxylic acids is 1. The predicted molar refractivity (Wildman–Crippen MR) is 63.9 cm³/mol. The molecular weight excluding hydrogens is 188 g/mol. The molecule has 0 aliphatic heterocycles. The largest absolute Gasteiger partial charge is 0.398 e. The molecule has 3 nitrogen and oxygen atoms in total. The highest BCUT2D eigenvalue weighted by Gasteiger charge is 2.05. The van der Waals surface area contributed by atoms with Gasteiger partial charge in [-0.25, -0.2) is 0 Å². The summed E-state index contributed by atoms with van der Waals surface area (Å²) in [5.74, 6) is 0.0452. The van der Waals surface area contributed by atoms with Crippen LogP contribution in [0.25, 0.3) is 0 Å². The van der Waals surface area contributed by atoms with E-state index in [9.17, 15) is 4.79 Å². The van der Waals surface area contributed by atoms with Gasteiger partial charge < -0.3 is 11.1 Å². The minimum atomic E-state index is 0.0452. The minimum absolute atomic E-state index is 0.0452. The van der Waals surface area contributed by atoms with Crippen LogP contribution in [0.4, 0.5) is 11.4 Å². The number of nitrogen functional groups attached to an aromatic ring is 1. The van der Waals surface area contributed by atoms with E-state index in [0.717, 1.165) is 23.2 Å². The van der Waals surface area contributed by atoms with Crippen LogP contribution < -0.4 is 11.1 Å². The van der Waals surface area contributed by atoms with E-state index in [2.05, 4.69) is 5.32 Å². The number of rotatable bonds is 3. The van der Waals surface area contributed by atoms with Crippen LogP contribution in [0.2, 0.25) is 0 Å². The predicted octanol–water partition coefficient (Wildman–Crippen LogP) is 2.62. The van der Waals surface area contributed by atoms with E-state index in [-0.39, 0.29) is 5.91 Å². The number of hydrogen-bond donors (Lipinski definition) is 2. The van der Waals surface area contributed by atoms with Crippen molar-refractivity contribution in [3.8, 4) is 0 Å². The summed E-state index contributed by atoms with van der Waals surface area (Å²) in [6.07, 6.45) is 1.40. The number of anilines is 2. The molecule has 1 rings (SSSR count). The van der Waals surface area contributed by atoms with Crippen molar-refractivity contribution in [2.24, 2.45) is 0 Å². The highest BCUT2D eigenvalue weighted by molar-refractivity contribution is 5.92. The van der Waals surface area contributed by atoms with Crippen LogP contribution in [-0.4, -0.2) is 5.91 Å². The number of aryl methyl sites for hydroxylation is 2. The average Bonchev–Trinajstić information content (AvgIpc) is 2.14. The summed E-state index contributed by atoms with van der Waals surface area (Å²) in [4.78, 5) is 11.4. The summed E-state index contributed by atoms with van der Waals surface area (Å²) in [6, 6.07) is 3.80. The van der Waals surface area contributed by atoms with E-state index >= 15 is 0 Å². The molecule has 0 atom stereocenters. The Labute approximate surface area is 90.7 Å². The lowest BCUT2D eigenvalue weighted by molar-refractivity contribution is -0.116. The molecule has 0 heterocycles. The second kappa shape index (κ2) is 4.82. The molecule has 82 valence electrons. The lowest BCUT2D eigenvalue weighted by Gasteiger charge is -2.10. The zero-order valence-corrected chi connectivity index (χ0v) is 9.55. The summed E-state index contributed by atoms with van der Waals surface area (Å²) >= 11 is 0. The van der Waals surface area contributed by atoms with Crippen LogP contribution in [-0.2, 0) is 4.79 Å². The molecule has 0 aromatic heterocycles.